The van der Waals surface area contributed by atoms with Crippen molar-refractivity contribution in [1.82, 2.24) is 10.3 Å². The number of aromatic nitrogens is 1. The average molecular weight is 328 g/mol. The fourth-order valence-corrected chi connectivity index (χ4v) is 2.79. The van der Waals surface area contributed by atoms with E-state index in [0.29, 0.717) is 19.0 Å². The molecule has 0 radical (unpaired) electrons. The van der Waals surface area contributed by atoms with Crippen molar-refractivity contribution in [3.05, 3.63) is 53.9 Å². The van der Waals surface area contributed by atoms with E-state index in [-0.39, 0.29) is 12.2 Å². The van der Waals surface area contributed by atoms with E-state index in [9.17, 15) is 0 Å². The van der Waals surface area contributed by atoms with E-state index in [4.69, 9.17) is 14.2 Å². The molecule has 2 aromatic rings. The van der Waals surface area contributed by atoms with Crippen molar-refractivity contribution in [2.75, 3.05) is 26.3 Å². The molecule has 128 valence electrons. The van der Waals surface area contributed by atoms with Crippen LogP contribution in [0.5, 0.6) is 11.5 Å². The van der Waals surface area contributed by atoms with Crippen LogP contribution in [-0.2, 0) is 4.74 Å². The van der Waals surface area contributed by atoms with E-state index < -0.39 is 0 Å². The molecule has 1 N–H and O–H groups in total. The molecule has 0 amide bonds. The highest BCUT2D eigenvalue weighted by atomic mass is 16.6. The van der Waals surface area contributed by atoms with Crippen LogP contribution >= 0.6 is 0 Å². The maximum Gasteiger partial charge on any atom is 0.168 e. The Hall–Kier alpha value is -2.11. The second-order valence-corrected chi connectivity index (χ2v) is 5.74. The molecule has 1 aromatic heterocycles. The number of morpholine rings is 1. The number of ether oxygens (including phenoxy) is 3. The number of hydrogen-bond donors (Lipinski definition) is 1. The largest absolute Gasteiger partial charge is 0.490 e. The monoisotopic (exact) mass is 328 g/mol. The van der Waals surface area contributed by atoms with Crippen LogP contribution in [0.3, 0.4) is 0 Å². The lowest BCUT2D eigenvalue weighted by molar-refractivity contribution is -0.0454. The second-order valence-electron chi connectivity index (χ2n) is 5.74. The fourth-order valence-electron chi connectivity index (χ4n) is 2.79. The summed E-state index contributed by atoms with van der Waals surface area (Å²) < 4.78 is 17.9. The molecule has 0 unspecified atom stereocenters. The minimum Gasteiger partial charge on any atom is -0.490 e. The molecule has 1 aromatic carbocycles. The smallest absolute Gasteiger partial charge is 0.168 e. The highest BCUT2D eigenvalue weighted by molar-refractivity contribution is 5.40. The minimum absolute atomic E-state index is 0.0947. The topological polar surface area (TPSA) is 52.6 Å². The third-order valence-corrected chi connectivity index (χ3v) is 3.90. The summed E-state index contributed by atoms with van der Waals surface area (Å²) in [6.07, 6.45) is -0.387. The molecular weight excluding hydrogens is 304 g/mol. The summed E-state index contributed by atoms with van der Waals surface area (Å²) in [5, 5.41) is 3.36. The molecule has 5 nitrogen and oxygen atoms in total. The van der Waals surface area contributed by atoms with Gasteiger partial charge in [0.25, 0.3) is 0 Å². The van der Waals surface area contributed by atoms with Crippen LogP contribution in [0.4, 0.5) is 0 Å². The Labute approximate surface area is 143 Å². The first-order valence-corrected chi connectivity index (χ1v) is 8.42. The van der Waals surface area contributed by atoms with Crippen LogP contribution in [0.15, 0.2) is 42.5 Å². The number of nitrogens with zero attached hydrogens (tertiary/aromatic N) is 1. The third-order valence-electron chi connectivity index (χ3n) is 3.90. The molecule has 5 heteroatoms. The zero-order chi connectivity index (χ0) is 16.8. The molecule has 0 spiro atoms. The van der Waals surface area contributed by atoms with Crippen LogP contribution in [0.25, 0.3) is 0 Å². The number of aryl methyl sites for hydroxylation is 1. The Bertz CT molecular complexity index is 657. The highest BCUT2D eigenvalue weighted by Gasteiger charge is 2.29. The van der Waals surface area contributed by atoms with E-state index in [1.807, 2.05) is 56.3 Å². The van der Waals surface area contributed by atoms with E-state index in [2.05, 4.69) is 10.3 Å². The molecular formula is C19H24N2O3. The molecule has 0 saturated carbocycles. The van der Waals surface area contributed by atoms with Gasteiger partial charge in [-0.05, 0) is 38.1 Å². The van der Waals surface area contributed by atoms with Gasteiger partial charge < -0.3 is 19.5 Å². The van der Waals surface area contributed by atoms with Gasteiger partial charge in [0.15, 0.2) is 17.6 Å². The standard InChI is InChI=1S/C19H24N2O3/c1-3-22-16-9-4-5-10-17(16)24-19(18-13-20-11-12-23-18)15-8-6-7-14(2)21-15/h4-10,18-20H,3,11-13H2,1-2H3/t18-,19-/m0/s1. The summed E-state index contributed by atoms with van der Waals surface area (Å²) in [6, 6.07) is 13.7. The molecule has 1 aliphatic rings. The summed E-state index contributed by atoms with van der Waals surface area (Å²) in [6.45, 7) is 6.80. The first-order chi connectivity index (χ1) is 11.8. The Morgan fingerprint density at radius 1 is 1.21 bits per heavy atom. The number of hydrogen-bond acceptors (Lipinski definition) is 5. The lowest BCUT2D eigenvalue weighted by Gasteiger charge is -2.31. The molecule has 2 atom stereocenters. The summed E-state index contributed by atoms with van der Waals surface area (Å²) in [5.41, 5.74) is 1.83. The predicted octanol–water partition coefficient (Wildman–Crippen LogP) is 2.90. The predicted molar refractivity (Wildman–Crippen MR) is 92.6 cm³/mol. The molecule has 24 heavy (non-hydrogen) atoms. The van der Waals surface area contributed by atoms with Gasteiger partial charge in [-0.2, -0.15) is 0 Å². The second kappa shape index (κ2) is 8.13. The van der Waals surface area contributed by atoms with Gasteiger partial charge in [0.1, 0.15) is 6.10 Å². The normalized spacial score (nSPS) is 18.8. The van der Waals surface area contributed by atoms with Gasteiger partial charge in [0.2, 0.25) is 0 Å². The van der Waals surface area contributed by atoms with E-state index >= 15 is 0 Å². The lowest BCUT2D eigenvalue weighted by Crippen LogP contribution is -2.43. The SMILES string of the molecule is CCOc1ccccc1O[C@@H](c1cccc(C)n1)[C@@H]1CNCCO1. The van der Waals surface area contributed by atoms with Crippen molar-refractivity contribution in [1.29, 1.82) is 0 Å². The van der Waals surface area contributed by atoms with Gasteiger partial charge in [-0.1, -0.05) is 18.2 Å². The lowest BCUT2D eigenvalue weighted by atomic mass is 10.1. The van der Waals surface area contributed by atoms with Gasteiger partial charge in [-0.25, -0.2) is 0 Å². The van der Waals surface area contributed by atoms with Crippen LogP contribution in [0, 0.1) is 6.92 Å². The Balaban J connectivity index is 1.90. The van der Waals surface area contributed by atoms with Gasteiger partial charge in [-0.15, -0.1) is 0 Å². The maximum absolute atomic E-state index is 6.33. The van der Waals surface area contributed by atoms with Gasteiger partial charge in [0, 0.05) is 18.8 Å². The van der Waals surface area contributed by atoms with Crippen molar-refractivity contribution >= 4 is 0 Å². The van der Waals surface area contributed by atoms with Crippen molar-refractivity contribution < 1.29 is 14.2 Å². The van der Waals surface area contributed by atoms with Crippen LogP contribution < -0.4 is 14.8 Å². The zero-order valence-corrected chi connectivity index (χ0v) is 14.2. The summed E-state index contributed by atoms with van der Waals surface area (Å²) in [4.78, 5) is 4.65. The fraction of sp³-hybridized carbons (Fsp3) is 0.421. The van der Waals surface area contributed by atoms with Crippen LogP contribution in [0.1, 0.15) is 24.4 Å². The summed E-state index contributed by atoms with van der Waals surface area (Å²) in [5.74, 6) is 1.45. The Morgan fingerprint density at radius 2 is 2.04 bits per heavy atom. The van der Waals surface area contributed by atoms with Crippen molar-refractivity contribution in [2.24, 2.45) is 0 Å². The highest BCUT2D eigenvalue weighted by Crippen LogP contribution is 2.33. The van der Waals surface area contributed by atoms with Crippen molar-refractivity contribution in [3.63, 3.8) is 0 Å². The number of nitrogens with one attached hydrogen (secondary N) is 1. The minimum atomic E-state index is -0.292. The number of benzene rings is 1. The number of rotatable bonds is 6. The molecule has 1 aliphatic heterocycles. The molecule has 2 heterocycles. The zero-order valence-electron chi connectivity index (χ0n) is 14.2. The molecule has 1 fully saturated rings. The third kappa shape index (κ3) is 4.04. The van der Waals surface area contributed by atoms with E-state index in [1.165, 1.54) is 0 Å². The van der Waals surface area contributed by atoms with Gasteiger partial charge in [-0.3, -0.25) is 4.98 Å². The Kier molecular flexibility index (Phi) is 5.67. The quantitative estimate of drug-likeness (QED) is 0.884. The molecule has 0 bridgehead atoms. The van der Waals surface area contributed by atoms with Gasteiger partial charge >= 0.3 is 0 Å². The molecule has 3 rings (SSSR count). The summed E-state index contributed by atoms with van der Waals surface area (Å²) >= 11 is 0. The first-order valence-electron chi connectivity index (χ1n) is 8.42. The average Bonchev–Trinajstić information content (AvgIpc) is 2.62. The van der Waals surface area contributed by atoms with E-state index in [0.717, 1.165) is 30.2 Å². The van der Waals surface area contributed by atoms with E-state index in [1.54, 1.807) is 0 Å². The molecule has 0 aliphatic carbocycles. The number of pyridine rings is 1. The van der Waals surface area contributed by atoms with Crippen molar-refractivity contribution in [2.45, 2.75) is 26.1 Å². The van der Waals surface area contributed by atoms with Crippen LogP contribution in [0.2, 0.25) is 0 Å². The van der Waals surface area contributed by atoms with Crippen molar-refractivity contribution in [3.8, 4) is 11.5 Å². The maximum atomic E-state index is 6.33. The molecule has 1 saturated heterocycles. The van der Waals surface area contributed by atoms with Gasteiger partial charge in [0.05, 0.1) is 18.9 Å². The van der Waals surface area contributed by atoms with Crippen LogP contribution in [-0.4, -0.2) is 37.4 Å². The number of para-hydroxylation sites is 2. The first kappa shape index (κ1) is 16.7. The summed E-state index contributed by atoms with van der Waals surface area (Å²) in [7, 11) is 0. The Morgan fingerprint density at radius 3 is 2.75 bits per heavy atom.